The van der Waals surface area contributed by atoms with Gasteiger partial charge in [-0.2, -0.15) is 0 Å². The highest BCUT2D eigenvalue weighted by molar-refractivity contribution is 14.1. The maximum Gasteiger partial charge on any atom is 0.308 e. The Balaban J connectivity index is 1.57. The molecule has 0 unspecified atom stereocenters. The monoisotopic (exact) mass is 514 g/mol. The Morgan fingerprint density at radius 1 is 0.900 bits per heavy atom. The average Bonchev–Trinajstić information content (AvgIpc) is 2.73. The summed E-state index contributed by atoms with van der Waals surface area (Å²) in [6.45, 7) is 1.63. The lowest BCUT2D eigenvalue weighted by molar-refractivity contribution is -0.131. The van der Waals surface area contributed by atoms with E-state index in [1.807, 2.05) is 30.3 Å². The Hall–Kier alpha value is -3.20. The molecule has 0 heterocycles. The predicted molar refractivity (Wildman–Crippen MR) is 122 cm³/mol. The van der Waals surface area contributed by atoms with Gasteiger partial charge in [-0.05, 0) is 70.6 Å². The molecule has 0 aliphatic carbocycles. The number of halogens is 1. The van der Waals surface area contributed by atoms with Gasteiger partial charge in [0.2, 0.25) is 0 Å². The maximum absolute atomic E-state index is 12.4. The number of anilines is 1. The molecule has 0 saturated carbocycles. The van der Waals surface area contributed by atoms with Crippen LogP contribution in [0.1, 0.15) is 33.2 Å². The van der Waals surface area contributed by atoms with Crippen molar-refractivity contribution in [2.24, 2.45) is 0 Å². The van der Waals surface area contributed by atoms with Crippen LogP contribution in [-0.4, -0.2) is 17.8 Å². The van der Waals surface area contributed by atoms with E-state index in [4.69, 9.17) is 4.74 Å². The first-order chi connectivity index (χ1) is 14.4. The number of ether oxygens (including phenoxy) is 1. The minimum Gasteiger partial charge on any atom is -0.427 e. The molecule has 3 rings (SSSR count). The first kappa shape index (κ1) is 21.5. The zero-order chi connectivity index (χ0) is 21.5. The third kappa shape index (κ3) is 5.90. The number of nitrogens with one attached hydrogen (secondary N) is 2. The van der Waals surface area contributed by atoms with E-state index in [9.17, 15) is 14.4 Å². The smallest absolute Gasteiger partial charge is 0.308 e. The molecule has 152 valence electrons. The first-order valence-electron chi connectivity index (χ1n) is 9.14. The molecule has 0 aliphatic rings. The topological polar surface area (TPSA) is 84.5 Å². The fourth-order valence-electron chi connectivity index (χ4n) is 2.70. The average molecular weight is 514 g/mol. The zero-order valence-electron chi connectivity index (χ0n) is 16.1. The summed E-state index contributed by atoms with van der Waals surface area (Å²) < 4.78 is 5.88. The van der Waals surface area contributed by atoms with Crippen molar-refractivity contribution >= 4 is 46.1 Å². The summed E-state index contributed by atoms with van der Waals surface area (Å²) in [6, 6.07) is 21.0. The van der Waals surface area contributed by atoms with Crippen LogP contribution in [-0.2, 0) is 11.3 Å². The second-order valence-electron chi connectivity index (χ2n) is 6.44. The number of rotatable bonds is 6. The van der Waals surface area contributed by atoms with Crippen LogP contribution in [0.3, 0.4) is 0 Å². The number of carbonyl (C=O) groups is 3. The molecule has 6 nitrogen and oxygen atoms in total. The lowest BCUT2D eigenvalue weighted by atomic mass is 10.1. The van der Waals surface area contributed by atoms with Crippen molar-refractivity contribution in [2.45, 2.75) is 13.5 Å². The van der Waals surface area contributed by atoms with Gasteiger partial charge in [0, 0.05) is 28.3 Å². The summed E-state index contributed by atoms with van der Waals surface area (Å²) in [4.78, 5) is 35.8. The SMILES string of the molecule is CC(=O)Oc1cccc(C(=O)NCc2ccc(NC(=O)c3ccccc3I)cc2)c1. The van der Waals surface area contributed by atoms with E-state index in [1.165, 1.54) is 13.0 Å². The van der Waals surface area contributed by atoms with Gasteiger partial charge < -0.3 is 15.4 Å². The van der Waals surface area contributed by atoms with E-state index in [1.54, 1.807) is 36.4 Å². The second-order valence-corrected chi connectivity index (χ2v) is 7.60. The van der Waals surface area contributed by atoms with Crippen molar-refractivity contribution in [1.82, 2.24) is 5.32 Å². The van der Waals surface area contributed by atoms with Gasteiger partial charge >= 0.3 is 5.97 Å². The van der Waals surface area contributed by atoms with Crippen molar-refractivity contribution in [3.8, 4) is 5.75 Å². The molecule has 0 radical (unpaired) electrons. The number of hydrogen-bond donors (Lipinski definition) is 2. The Labute approximate surface area is 187 Å². The number of amides is 2. The fraction of sp³-hybridized carbons (Fsp3) is 0.0870. The first-order valence-corrected chi connectivity index (χ1v) is 10.2. The van der Waals surface area contributed by atoms with Gasteiger partial charge in [0.15, 0.2) is 0 Å². The number of carbonyl (C=O) groups excluding carboxylic acids is 3. The third-order valence-corrected chi connectivity index (χ3v) is 5.08. The van der Waals surface area contributed by atoms with Crippen molar-refractivity contribution in [2.75, 3.05) is 5.32 Å². The highest BCUT2D eigenvalue weighted by atomic mass is 127. The summed E-state index contributed by atoms with van der Waals surface area (Å²) in [6.07, 6.45) is 0. The Morgan fingerprint density at radius 3 is 2.33 bits per heavy atom. The van der Waals surface area contributed by atoms with Crippen LogP contribution >= 0.6 is 22.6 Å². The predicted octanol–water partition coefficient (Wildman–Crippen LogP) is 4.40. The van der Waals surface area contributed by atoms with E-state index in [0.717, 1.165) is 9.13 Å². The molecule has 0 aliphatic heterocycles. The van der Waals surface area contributed by atoms with Crippen LogP contribution in [0.4, 0.5) is 5.69 Å². The van der Waals surface area contributed by atoms with Gasteiger partial charge in [-0.25, -0.2) is 0 Å². The molecule has 30 heavy (non-hydrogen) atoms. The van der Waals surface area contributed by atoms with E-state index < -0.39 is 5.97 Å². The molecule has 0 fully saturated rings. The number of esters is 1. The highest BCUT2D eigenvalue weighted by Gasteiger charge is 2.10. The maximum atomic E-state index is 12.4. The van der Waals surface area contributed by atoms with E-state index in [2.05, 4.69) is 33.2 Å². The minimum absolute atomic E-state index is 0.172. The lowest BCUT2D eigenvalue weighted by Crippen LogP contribution is -2.22. The Kier molecular flexibility index (Phi) is 7.18. The van der Waals surface area contributed by atoms with Crippen LogP contribution in [0.15, 0.2) is 72.8 Å². The summed E-state index contributed by atoms with van der Waals surface area (Å²) in [5.74, 6) is -0.571. The van der Waals surface area contributed by atoms with Crippen LogP contribution in [0.25, 0.3) is 0 Å². The van der Waals surface area contributed by atoms with Gasteiger partial charge in [-0.1, -0.05) is 30.3 Å². The molecule has 0 spiro atoms. The summed E-state index contributed by atoms with van der Waals surface area (Å²) in [7, 11) is 0. The molecule has 0 atom stereocenters. The molecular formula is C23H19IN2O4. The zero-order valence-corrected chi connectivity index (χ0v) is 18.3. The minimum atomic E-state index is -0.443. The third-order valence-electron chi connectivity index (χ3n) is 4.14. The molecule has 0 bridgehead atoms. The molecule has 3 aromatic rings. The second kappa shape index (κ2) is 10.0. The Bertz CT molecular complexity index is 1080. The highest BCUT2D eigenvalue weighted by Crippen LogP contribution is 2.16. The van der Waals surface area contributed by atoms with Crippen LogP contribution in [0.2, 0.25) is 0 Å². The summed E-state index contributed by atoms with van der Waals surface area (Å²) in [5, 5.41) is 5.69. The van der Waals surface area contributed by atoms with Crippen LogP contribution < -0.4 is 15.4 Å². The van der Waals surface area contributed by atoms with Crippen molar-refractivity contribution in [1.29, 1.82) is 0 Å². The quantitative estimate of drug-likeness (QED) is 0.290. The number of benzene rings is 3. The Morgan fingerprint density at radius 2 is 1.63 bits per heavy atom. The molecular weight excluding hydrogens is 495 g/mol. The largest absolute Gasteiger partial charge is 0.427 e. The standard InChI is InChI=1S/C23H19IN2O4/c1-15(27)30-19-6-4-5-17(13-19)22(28)25-14-16-9-11-18(12-10-16)26-23(29)20-7-2-3-8-21(20)24/h2-13H,14H2,1H3,(H,25,28)(H,26,29). The van der Waals surface area contributed by atoms with Crippen molar-refractivity contribution < 1.29 is 19.1 Å². The van der Waals surface area contributed by atoms with Crippen LogP contribution in [0, 0.1) is 3.57 Å². The molecule has 7 heteroatoms. The van der Waals surface area contributed by atoms with Gasteiger partial charge in [-0.15, -0.1) is 0 Å². The van der Waals surface area contributed by atoms with E-state index >= 15 is 0 Å². The van der Waals surface area contributed by atoms with E-state index in [-0.39, 0.29) is 11.8 Å². The van der Waals surface area contributed by atoms with Gasteiger partial charge in [0.1, 0.15) is 5.75 Å². The number of hydrogen-bond acceptors (Lipinski definition) is 4. The van der Waals surface area contributed by atoms with E-state index in [0.29, 0.717) is 29.1 Å². The molecule has 3 aromatic carbocycles. The lowest BCUT2D eigenvalue weighted by Gasteiger charge is -2.09. The molecule has 0 aromatic heterocycles. The van der Waals surface area contributed by atoms with Crippen molar-refractivity contribution in [3.05, 3.63) is 93.1 Å². The van der Waals surface area contributed by atoms with Gasteiger partial charge in [0.05, 0.1) is 5.56 Å². The van der Waals surface area contributed by atoms with Crippen molar-refractivity contribution in [3.63, 3.8) is 0 Å². The van der Waals surface area contributed by atoms with Gasteiger partial charge in [0.25, 0.3) is 11.8 Å². The normalized spacial score (nSPS) is 10.2. The molecule has 2 amide bonds. The summed E-state index contributed by atoms with van der Waals surface area (Å²) >= 11 is 2.13. The fourth-order valence-corrected chi connectivity index (χ4v) is 3.33. The van der Waals surface area contributed by atoms with Gasteiger partial charge in [-0.3, -0.25) is 14.4 Å². The van der Waals surface area contributed by atoms with Crippen LogP contribution in [0.5, 0.6) is 5.75 Å². The molecule has 2 N–H and O–H groups in total. The summed E-state index contributed by atoms with van der Waals surface area (Å²) in [5.41, 5.74) is 2.57. The molecule has 0 saturated heterocycles.